The van der Waals surface area contributed by atoms with E-state index in [1.54, 1.807) is 0 Å². The van der Waals surface area contributed by atoms with Crippen molar-refractivity contribution in [3.05, 3.63) is 16.2 Å². The second kappa shape index (κ2) is 3.33. The molecular weight excluding hydrogens is 203 g/mol. The van der Waals surface area contributed by atoms with Crippen LogP contribution in [0.5, 0.6) is 0 Å². The van der Waals surface area contributed by atoms with Gasteiger partial charge in [0.15, 0.2) is 0 Å². The van der Waals surface area contributed by atoms with E-state index in [0.29, 0.717) is 14.7 Å². The Balaban J connectivity index is 2.31. The molecule has 1 aromatic heterocycles. The first-order chi connectivity index (χ1) is 5.47. The van der Waals surface area contributed by atoms with Gasteiger partial charge in [0.1, 0.15) is 0 Å². The number of fused-ring (bicyclic) bond motifs is 1. The van der Waals surface area contributed by atoms with Crippen molar-refractivity contribution in [1.82, 2.24) is 9.19 Å². The molecule has 2 nitrogen and oxygen atoms in total. The van der Waals surface area contributed by atoms with Crippen LogP contribution < -0.4 is 0 Å². The molecule has 0 amide bonds. The van der Waals surface area contributed by atoms with Gasteiger partial charge < -0.3 is 0 Å². The summed E-state index contributed by atoms with van der Waals surface area (Å²) in [7, 11) is 0. The van der Waals surface area contributed by atoms with Crippen LogP contribution in [0.25, 0.3) is 6.08 Å². The molecule has 0 spiro atoms. The van der Waals surface area contributed by atoms with Crippen LogP contribution in [-0.2, 0) is 6.42 Å². The summed E-state index contributed by atoms with van der Waals surface area (Å²) >= 11 is 0.330. The van der Waals surface area contributed by atoms with E-state index < -0.39 is 0 Å². The fourth-order valence-corrected chi connectivity index (χ4v) is 2.65. The maximum atomic E-state index is 4.10. The van der Waals surface area contributed by atoms with Crippen molar-refractivity contribution in [3.63, 3.8) is 0 Å². The Hall–Kier alpha value is -0.401. The molecule has 0 bridgehead atoms. The summed E-state index contributed by atoms with van der Waals surface area (Å²) < 4.78 is 5.57. The number of rotatable bonds is 0. The molecule has 1 heterocycles. The first kappa shape index (κ1) is 7.26. The molecular formula is C8H10N2Se. The van der Waals surface area contributed by atoms with Crippen molar-refractivity contribution in [1.29, 1.82) is 0 Å². The predicted molar refractivity (Wildman–Crippen MR) is 45.6 cm³/mol. The number of aryl methyl sites for hydroxylation is 1. The van der Waals surface area contributed by atoms with Gasteiger partial charge in [-0.3, -0.25) is 0 Å². The zero-order valence-electron chi connectivity index (χ0n) is 6.29. The van der Waals surface area contributed by atoms with Crippen molar-refractivity contribution in [2.45, 2.75) is 25.7 Å². The van der Waals surface area contributed by atoms with Crippen molar-refractivity contribution >= 4 is 20.8 Å². The van der Waals surface area contributed by atoms with E-state index in [-0.39, 0.29) is 0 Å². The normalized spacial score (nSPS) is 20.0. The molecule has 0 saturated heterocycles. The van der Waals surface area contributed by atoms with Crippen LogP contribution in [0.15, 0.2) is 6.08 Å². The van der Waals surface area contributed by atoms with Crippen LogP contribution >= 0.6 is 0 Å². The van der Waals surface area contributed by atoms with Crippen LogP contribution in [-0.4, -0.2) is 23.9 Å². The van der Waals surface area contributed by atoms with Crippen molar-refractivity contribution in [2.75, 3.05) is 0 Å². The van der Waals surface area contributed by atoms with Gasteiger partial charge >= 0.3 is 71.9 Å². The van der Waals surface area contributed by atoms with Crippen molar-refractivity contribution < 1.29 is 0 Å². The monoisotopic (exact) mass is 214 g/mol. The second-order valence-corrected chi connectivity index (χ2v) is 4.49. The minimum absolute atomic E-state index is 0.330. The van der Waals surface area contributed by atoms with E-state index in [9.17, 15) is 0 Å². The van der Waals surface area contributed by atoms with Crippen LogP contribution in [0.1, 0.15) is 29.4 Å². The van der Waals surface area contributed by atoms with E-state index >= 15 is 0 Å². The van der Waals surface area contributed by atoms with E-state index in [4.69, 9.17) is 0 Å². The van der Waals surface area contributed by atoms with Gasteiger partial charge in [-0.2, -0.15) is 0 Å². The number of allylic oxidation sites excluding steroid dienone is 1. The Kier molecular flexibility index (Phi) is 2.20. The topological polar surface area (TPSA) is 25.8 Å². The number of nitrogens with zero attached hydrogens (tertiary/aromatic N) is 2. The molecule has 11 heavy (non-hydrogen) atoms. The summed E-state index contributed by atoms with van der Waals surface area (Å²) in [4.78, 5) is 0. The van der Waals surface area contributed by atoms with Gasteiger partial charge in [-0.1, -0.05) is 0 Å². The Bertz CT molecular complexity index is 265. The molecule has 0 N–H and O–H groups in total. The molecule has 2 rings (SSSR count). The summed E-state index contributed by atoms with van der Waals surface area (Å²) in [5, 5.41) is 4.10. The molecule has 3 heteroatoms. The van der Waals surface area contributed by atoms with Crippen LogP contribution in [0, 0.1) is 0 Å². The average molecular weight is 213 g/mol. The van der Waals surface area contributed by atoms with Crippen LogP contribution in [0.3, 0.4) is 0 Å². The number of aromatic nitrogens is 2. The average Bonchev–Trinajstić information content (AvgIpc) is 2.35. The summed E-state index contributed by atoms with van der Waals surface area (Å²) in [5.74, 6) is 0. The summed E-state index contributed by atoms with van der Waals surface area (Å²) in [6, 6.07) is 0. The molecule has 1 aliphatic rings. The quantitative estimate of drug-likeness (QED) is 0.606. The Morgan fingerprint density at radius 2 is 2.36 bits per heavy atom. The van der Waals surface area contributed by atoms with Crippen LogP contribution in [0.4, 0.5) is 0 Å². The fourth-order valence-electron chi connectivity index (χ4n) is 1.26. The minimum atomic E-state index is 0.330. The predicted octanol–water partition coefficient (Wildman–Crippen LogP) is 1.27. The van der Waals surface area contributed by atoms with Gasteiger partial charge in [0.25, 0.3) is 0 Å². The Morgan fingerprint density at radius 3 is 3.36 bits per heavy atom. The third kappa shape index (κ3) is 1.60. The van der Waals surface area contributed by atoms with E-state index in [2.05, 4.69) is 21.3 Å². The molecule has 0 unspecified atom stereocenters. The van der Waals surface area contributed by atoms with E-state index in [0.717, 1.165) is 5.69 Å². The summed E-state index contributed by atoms with van der Waals surface area (Å²) in [5.41, 5.74) is 1.16. The molecule has 58 valence electrons. The first-order valence-corrected chi connectivity index (χ1v) is 5.57. The van der Waals surface area contributed by atoms with Gasteiger partial charge in [-0.15, -0.1) is 0 Å². The van der Waals surface area contributed by atoms with Crippen molar-refractivity contribution in [2.24, 2.45) is 0 Å². The van der Waals surface area contributed by atoms with Gasteiger partial charge in [0, 0.05) is 0 Å². The second-order valence-electron chi connectivity index (χ2n) is 2.73. The van der Waals surface area contributed by atoms with Gasteiger partial charge in [-0.25, -0.2) is 0 Å². The molecule has 1 aromatic rings. The van der Waals surface area contributed by atoms with E-state index in [1.807, 2.05) is 0 Å². The third-order valence-corrected chi connectivity index (χ3v) is 3.56. The molecule has 0 radical (unpaired) electrons. The van der Waals surface area contributed by atoms with Gasteiger partial charge in [0.05, 0.1) is 0 Å². The maximum absolute atomic E-state index is 4.10. The van der Waals surface area contributed by atoms with E-state index in [1.165, 1.54) is 30.1 Å². The first-order valence-electron chi connectivity index (χ1n) is 3.94. The molecule has 0 atom stereocenters. The number of hydrogen-bond acceptors (Lipinski definition) is 2. The standard InChI is InChI=1S/C8H10N2Se/c1-2-4-6-8-7(5-3-1)9-10-11-8/h3,5H,1-2,4,6H2/b5-3-. The fraction of sp³-hybridized carbons (Fsp3) is 0.500. The summed E-state index contributed by atoms with van der Waals surface area (Å²) in [6.45, 7) is 0. The zero-order valence-corrected chi connectivity index (χ0v) is 8.00. The van der Waals surface area contributed by atoms with Crippen molar-refractivity contribution in [3.8, 4) is 0 Å². The van der Waals surface area contributed by atoms with Gasteiger partial charge in [-0.05, 0) is 0 Å². The zero-order chi connectivity index (χ0) is 7.52. The third-order valence-electron chi connectivity index (χ3n) is 1.89. The molecule has 0 aliphatic heterocycles. The summed E-state index contributed by atoms with van der Waals surface area (Å²) in [6.07, 6.45) is 9.42. The molecule has 0 aromatic carbocycles. The Labute approximate surface area is 72.3 Å². The van der Waals surface area contributed by atoms with Gasteiger partial charge in [0.2, 0.25) is 0 Å². The SMILES string of the molecule is C1=C\c2nn[se]c2CCCC/1. The molecule has 1 aliphatic carbocycles. The molecule has 0 fully saturated rings. The molecule has 0 saturated carbocycles. The Morgan fingerprint density at radius 1 is 1.36 bits per heavy atom. The van der Waals surface area contributed by atoms with Crippen LogP contribution in [0.2, 0.25) is 0 Å². The number of hydrogen-bond donors (Lipinski definition) is 0.